The number of benzene rings is 1. The van der Waals surface area contributed by atoms with E-state index in [1.165, 1.54) is 14.2 Å². The molecular weight excluding hydrogens is 464 g/mol. The molecule has 2 bridgehead atoms. The Labute approximate surface area is 206 Å². The van der Waals surface area contributed by atoms with Gasteiger partial charge in [-0.15, -0.1) is 0 Å². The molecule has 182 valence electrons. The van der Waals surface area contributed by atoms with E-state index in [2.05, 4.69) is 0 Å². The number of carbonyl (C=O) groups is 6. The Hall–Kier alpha value is -3.94. The predicted molar refractivity (Wildman–Crippen MR) is 123 cm³/mol. The molecule has 4 atom stereocenters. The van der Waals surface area contributed by atoms with E-state index in [9.17, 15) is 28.8 Å². The molecule has 8 heteroatoms. The molecule has 1 aromatic carbocycles. The standard InChI is InChI=1S/C28H22O8/c1-35-27(33)15-9-13-14(10-16(15)28(34)36-2)26(32)24-20-12-6-4-3-5-11(12)19(23(24)25(13)31)21-17(29)7-8-18(30)22(20)21/h3-6,13-14,19-20H,7-10H2,1-2H3/t13-,14+,19?,20?. The zero-order valence-corrected chi connectivity index (χ0v) is 19.7. The van der Waals surface area contributed by atoms with Gasteiger partial charge in [-0.3, -0.25) is 19.2 Å². The predicted octanol–water partition coefficient (Wildman–Crippen LogP) is 2.23. The highest BCUT2D eigenvalue weighted by Crippen LogP contribution is 2.61. The molecule has 0 aliphatic heterocycles. The van der Waals surface area contributed by atoms with Gasteiger partial charge in [0.25, 0.3) is 0 Å². The van der Waals surface area contributed by atoms with Gasteiger partial charge < -0.3 is 9.47 Å². The zero-order chi connectivity index (χ0) is 25.5. The topological polar surface area (TPSA) is 121 Å². The van der Waals surface area contributed by atoms with Crippen molar-refractivity contribution < 1.29 is 38.2 Å². The summed E-state index contributed by atoms with van der Waals surface area (Å²) in [6.07, 6.45) is -0.114. The van der Waals surface area contributed by atoms with Crippen LogP contribution in [-0.4, -0.2) is 49.3 Å². The summed E-state index contributed by atoms with van der Waals surface area (Å²) in [5.74, 6) is -5.78. The summed E-state index contributed by atoms with van der Waals surface area (Å²) in [6.45, 7) is 0. The van der Waals surface area contributed by atoms with Gasteiger partial charge in [0.15, 0.2) is 23.1 Å². The lowest BCUT2D eigenvalue weighted by atomic mass is 9.51. The van der Waals surface area contributed by atoms with E-state index >= 15 is 0 Å². The number of hydrogen-bond donors (Lipinski definition) is 0. The Kier molecular flexibility index (Phi) is 4.87. The fourth-order valence-corrected chi connectivity index (χ4v) is 6.82. The molecule has 6 aliphatic carbocycles. The van der Waals surface area contributed by atoms with Crippen LogP contribution in [0.15, 0.2) is 57.7 Å². The molecule has 8 nitrogen and oxygen atoms in total. The second-order valence-electron chi connectivity index (χ2n) is 9.79. The SMILES string of the molecule is COC(=O)C1=C(C(=O)OC)C[C@H]2C(=O)C3=C(C(=O)[C@H]2C1)C1C2=C(C(=O)CCC2=O)C3c2ccccc21. The quantitative estimate of drug-likeness (QED) is 0.584. The average molecular weight is 486 g/mol. The maximum Gasteiger partial charge on any atom is 0.334 e. The van der Waals surface area contributed by atoms with Crippen molar-refractivity contribution in [2.45, 2.75) is 37.5 Å². The first-order valence-electron chi connectivity index (χ1n) is 11.9. The van der Waals surface area contributed by atoms with Crippen molar-refractivity contribution in [3.63, 3.8) is 0 Å². The van der Waals surface area contributed by atoms with Crippen LogP contribution in [-0.2, 0) is 38.2 Å². The van der Waals surface area contributed by atoms with Gasteiger partial charge in [-0.25, -0.2) is 9.59 Å². The third-order valence-corrected chi connectivity index (χ3v) is 8.30. The van der Waals surface area contributed by atoms with Crippen molar-refractivity contribution in [3.05, 3.63) is 68.8 Å². The van der Waals surface area contributed by atoms with Gasteiger partial charge in [0.05, 0.1) is 14.2 Å². The van der Waals surface area contributed by atoms with E-state index < -0.39 is 35.6 Å². The molecule has 0 radical (unpaired) electrons. The van der Waals surface area contributed by atoms with Crippen molar-refractivity contribution in [2.24, 2.45) is 11.8 Å². The van der Waals surface area contributed by atoms with Crippen molar-refractivity contribution >= 4 is 35.1 Å². The second kappa shape index (κ2) is 7.78. The summed E-state index contributed by atoms with van der Waals surface area (Å²) in [7, 11) is 2.36. The number of Topliss-reactive ketones (excluding diaryl/α,β-unsaturated/α-hetero) is 4. The molecule has 0 saturated carbocycles. The van der Waals surface area contributed by atoms with Crippen LogP contribution in [0.2, 0.25) is 0 Å². The van der Waals surface area contributed by atoms with Gasteiger partial charge in [-0.05, 0) is 24.0 Å². The van der Waals surface area contributed by atoms with Crippen LogP contribution in [0.25, 0.3) is 0 Å². The molecule has 0 N–H and O–H groups in total. The number of carbonyl (C=O) groups excluding carboxylic acids is 6. The number of ether oxygens (including phenoxy) is 2. The van der Waals surface area contributed by atoms with Crippen LogP contribution in [0.4, 0.5) is 0 Å². The Morgan fingerprint density at radius 3 is 1.42 bits per heavy atom. The molecule has 36 heavy (non-hydrogen) atoms. The monoisotopic (exact) mass is 486 g/mol. The van der Waals surface area contributed by atoms with E-state index in [1.807, 2.05) is 24.3 Å². The molecule has 0 saturated heterocycles. The molecule has 0 heterocycles. The van der Waals surface area contributed by atoms with Crippen LogP contribution in [0, 0.1) is 11.8 Å². The largest absolute Gasteiger partial charge is 0.466 e. The first-order chi connectivity index (χ1) is 17.3. The minimum atomic E-state index is -0.872. The summed E-state index contributed by atoms with van der Waals surface area (Å²) >= 11 is 0. The normalized spacial score (nSPS) is 28.5. The number of ketones is 4. The first kappa shape index (κ1) is 22.5. The molecule has 0 fully saturated rings. The Morgan fingerprint density at radius 1 is 0.667 bits per heavy atom. The fourth-order valence-electron chi connectivity index (χ4n) is 6.82. The molecule has 2 unspecified atom stereocenters. The number of allylic oxidation sites excluding steroid dienone is 4. The van der Waals surface area contributed by atoms with Crippen LogP contribution < -0.4 is 0 Å². The summed E-state index contributed by atoms with van der Waals surface area (Å²) in [6, 6.07) is 7.31. The maximum atomic E-state index is 14.1. The van der Waals surface area contributed by atoms with Crippen molar-refractivity contribution in [3.8, 4) is 0 Å². The van der Waals surface area contributed by atoms with Gasteiger partial charge >= 0.3 is 11.9 Å². The number of methoxy groups -OCH3 is 2. The van der Waals surface area contributed by atoms with Gasteiger partial charge in [-0.2, -0.15) is 0 Å². The third-order valence-electron chi connectivity index (χ3n) is 8.30. The minimum Gasteiger partial charge on any atom is -0.466 e. The molecule has 1 aromatic rings. The van der Waals surface area contributed by atoms with Gasteiger partial charge in [0.1, 0.15) is 0 Å². The molecule has 6 aliphatic rings. The summed E-state index contributed by atoms with van der Waals surface area (Å²) in [5, 5.41) is 0. The highest BCUT2D eigenvalue weighted by atomic mass is 16.5. The van der Waals surface area contributed by atoms with E-state index in [0.717, 1.165) is 11.1 Å². The minimum absolute atomic E-state index is 0.0287. The lowest BCUT2D eigenvalue weighted by Gasteiger charge is -2.48. The van der Waals surface area contributed by atoms with Crippen molar-refractivity contribution in [1.29, 1.82) is 0 Å². The summed E-state index contributed by atoms with van der Waals surface area (Å²) < 4.78 is 9.71. The molecule has 7 rings (SSSR count). The molecule has 0 spiro atoms. The smallest absolute Gasteiger partial charge is 0.334 e. The highest BCUT2D eigenvalue weighted by molar-refractivity contribution is 6.24. The van der Waals surface area contributed by atoms with E-state index in [0.29, 0.717) is 11.1 Å². The second-order valence-corrected chi connectivity index (χ2v) is 9.79. The lowest BCUT2D eigenvalue weighted by Crippen LogP contribution is -2.49. The van der Waals surface area contributed by atoms with Crippen molar-refractivity contribution in [1.82, 2.24) is 0 Å². The van der Waals surface area contributed by atoms with Crippen molar-refractivity contribution in [2.75, 3.05) is 14.2 Å². The van der Waals surface area contributed by atoms with Gasteiger partial charge in [0, 0.05) is 70.0 Å². The molecule has 0 amide bonds. The molecular formula is C28H22O8. The highest BCUT2D eigenvalue weighted by Gasteiger charge is 2.58. The Balaban J connectivity index is 1.54. The van der Waals surface area contributed by atoms with Crippen LogP contribution in [0.5, 0.6) is 0 Å². The maximum absolute atomic E-state index is 14.1. The summed E-state index contributed by atoms with van der Waals surface area (Å²) in [4.78, 5) is 79.4. The van der Waals surface area contributed by atoms with E-state index in [4.69, 9.17) is 9.47 Å². The average Bonchev–Trinajstić information content (AvgIpc) is 2.91. The number of hydrogen-bond acceptors (Lipinski definition) is 8. The van der Waals surface area contributed by atoms with Gasteiger partial charge in [-0.1, -0.05) is 24.3 Å². The Morgan fingerprint density at radius 2 is 1.06 bits per heavy atom. The number of esters is 2. The zero-order valence-electron chi connectivity index (χ0n) is 19.7. The molecule has 0 aromatic heterocycles. The first-order valence-corrected chi connectivity index (χ1v) is 11.9. The van der Waals surface area contributed by atoms with Gasteiger partial charge in [0.2, 0.25) is 0 Å². The van der Waals surface area contributed by atoms with E-state index in [-0.39, 0.29) is 71.1 Å². The van der Waals surface area contributed by atoms with Crippen LogP contribution in [0.1, 0.15) is 48.6 Å². The third kappa shape index (κ3) is 2.75. The number of fused-ring (bicyclic) bond motifs is 1. The van der Waals surface area contributed by atoms with Crippen LogP contribution in [0.3, 0.4) is 0 Å². The van der Waals surface area contributed by atoms with E-state index in [1.54, 1.807) is 0 Å². The van der Waals surface area contributed by atoms with Crippen LogP contribution >= 0.6 is 0 Å². The number of rotatable bonds is 2. The summed E-state index contributed by atoms with van der Waals surface area (Å²) in [5.41, 5.74) is 2.78. The Bertz CT molecular complexity index is 1330. The fraction of sp³-hybridized carbons (Fsp3) is 0.357. The lowest BCUT2D eigenvalue weighted by molar-refractivity contribution is -0.141.